The van der Waals surface area contributed by atoms with Crippen LogP contribution in [0.2, 0.25) is 0 Å². The summed E-state index contributed by atoms with van der Waals surface area (Å²) in [5.41, 5.74) is 3.65. The second kappa shape index (κ2) is 5.90. The number of benzene rings is 3. The van der Waals surface area contributed by atoms with Crippen LogP contribution in [-0.4, -0.2) is 20.0 Å². The number of methoxy groups -OCH3 is 2. The molecule has 0 amide bonds. The molecule has 1 atom stereocenters. The summed E-state index contributed by atoms with van der Waals surface area (Å²) >= 11 is 0. The summed E-state index contributed by atoms with van der Waals surface area (Å²) in [6.45, 7) is 0. The van der Waals surface area contributed by atoms with Crippen LogP contribution in [0.5, 0.6) is 0 Å². The monoisotopic (exact) mass is 316 g/mol. The van der Waals surface area contributed by atoms with Gasteiger partial charge < -0.3 is 9.47 Å². The van der Waals surface area contributed by atoms with E-state index in [0.717, 1.165) is 0 Å². The first kappa shape index (κ1) is 15.1. The number of ether oxygens (including phenoxy) is 2. The Labute approximate surface area is 142 Å². The summed E-state index contributed by atoms with van der Waals surface area (Å²) in [5.74, 6) is -0.835. The van der Waals surface area contributed by atoms with Crippen molar-refractivity contribution in [1.82, 2.24) is 0 Å². The lowest BCUT2D eigenvalue weighted by Crippen LogP contribution is -2.41. The first-order chi connectivity index (χ1) is 11.8. The van der Waals surface area contributed by atoms with E-state index < -0.39 is 5.79 Å². The van der Waals surface area contributed by atoms with E-state index in [4.69, 9.17) is 9.47 Å². The summed E-state index contributed by atoms with van der Waals surface area (Å²) < 4.78 is 11.8. The van der Waals surface area contributed by atoms with Gasteiger partial charge in [0.05, 0.1) is 5.92 Å². The molecule has 2 nitrogen and oxygen atoms in total. The molecular weight excluding hydrogens is 296 g/mol. The van der Waals surface area contributed by atoms with Crippen molar-refractivity contribution in [2.24, 2.45) is 0 Å². The lowest BCUT2D eigenvalue weighted by atomic mass is 9.76. The zero-order valence-corrected chi connectivity index (χ0v) is 13.9. The molecule has 0 saturated carbocycles. The highest BCUT2D eigenvalue weighted by Crippen LogP contribution is 2.45. The fourth-order valence-electron chi connectivity index (χ4n) is 3.79. The molecule has 3 aromatic carbocycles. The molecule has 120 valence electrons. The van der Waals surface area contributed by atoms with E-state index in [0.29, 0.717) is 0 Å². The van der Waals surface area contributed by atoms with Crippen molar-refractivity contribution < 1.29 is 9.47 Å². The molecule has 0 aliphatic heterocycles. The SMILES string of the molecule is COC1(OC)C=Cc2ccccc2[C@H]1c1cccc2ccccc12. The van der Waals surface area contributed by atoms with Crippen molar-refractivity contribution in [3.05, 3.63) is 89.5 Å². The van der Waals surface area contributed by atoms with Crippen molar-refractivity contribution in [2.45, 2.75) is 11.7 Å². The normalized spacial score (nSPS) is 18.5. The molecule has 24 heavy (non-hydrogen) atoms. The minimum Gasteiger partial charge on any atom is -0.349 e. The van der Waals surface area contributed by atoms with Gasteiger partial charge in [-0.3, -0.25) is 0 Å². The van der Waals surface area contributed by atoms with Gasteiger partial charge in [-0.05, 0) is 33.5 Å². The maximum atomic E-state index is 5.89. The van der Waals surface area contributed by atoms with E-state index >= 15 is 0 Å². The van der Waals surface area contributed by atoms with Crippen LogP contribution in [0.25, 0.3) is 16.8 Å². The average molecular weight is 316 g/mol. The number of rotatable bonds is 3. The molecule has 0 heterocycles. The van der Waals surface area contributed by atoms with Crippen LogP contribution >= 0.6 is 0 Å². The highest BCUT2D eigenvalue weighted by Gasteiger charge is 2.42. The third kappa shape index (κ3) is 2.19. The molecule has 1 aliphatic carbocycles. The summed E-state index contributed by atoms with van der Waals surface area (Å²) in [4.78, 5) is 0. The second-order valence-electron chi connectivity index (χ2n) is 6.09. The quantitative estimate of drug-likeness (QED) is 0.634. The van der Waals surface area contributed by atoms with Crippen LogP contribution < -0.4 is 0 Å². The van der Waals surface area contributed by atoms with Crippen LogP contribution in [0, 0.1) is 0 Å². The highest BCUT2D eigenvalue weighted by molar-refractivity contribution is 5.87. The van der Waals surface area contributed by atoms with Crippen molar-refractivity contribution in [3.8, 4) is 0 Å². The lowest BCUT2D eigenvalue weighted by molar-refractivity contribution is -0.179. The topological polar surface area (TPSA) is 18.5 Å². The summed E-state index contributed by atoms with van der Waals surface area (Å²) in [5, 5.41) is 2.46. The molecule has 0 fully saturated rings. The fourth-order valence-corrected chi connectivity index (χ4v) is 3.79. The predicted octanol–water partition coefficient (Wildman–Crippen LogP) is 4.99. The number of hydrogen-bond donors (Lipinski definition) is 0. The predicted molar refractivity (Wildman–Crippen MR) is 98.0 cm³/mol. The molecule has 0 bridgehead atoms. The fraction of sp³-hybridized carbons (Fsp3) is 0.182. The van der Waals surface area contributed by atoms with Crippen molar-refractivity contribution in [2.75, 3.05) is 14.2 Å². The lowest BCUT2D eigenvalue weighted by Gasteiger charge is -2.40. The van der Waals surface area contributed by atoms with Crippen LogP contribution in [0.1, 0.15) is 22.6 Å². The summed E-state index contributed by atoms with van der Waals surface area (Å²) in [6, 6.07) is 23.3. The molecule has 1 aliphatic rings. The highest BCUT2D eigenvalue weighted by atomic mass is 16.7. The summed E-state index contributed by atoms with van der Waals surface area (Å²) in [7, 11) is 3.42. The minimum absolute atomic E-state index is 0.0280. The number of fused-ring (bicyclic) bond motifs is 2. The smallest absolute Gasteiger partial charge is 0.198 e. The Morgan fingerprint density at radius 2 is 1.42 bits per heavy atom. The molecule has 0 aromatic heterocycles. The van der Waals surface area contributed by atoms with E-state index in [2.05, 4.69) is 72.8 Å². The molecule has 0 spiro atoms. The third-order valence-corrected chi connectivity index (χ3v) is 4.98. The first-order valence-corrected chi connectivity index (χ1v) is 8.15. The van der Waals surface area contributed by atoms with Gasteiger partial charge in [0, 0.05) is 14.2 Å². The molecule has 2 heteroatoms. The largest absolute Gasteiger partial charge is 0.349 e. The van der Waals surface area contributed by atoms with Crippen LogP contribution in [0.15, 0.2) is 72.8 Å². The van der Waals surface area contributed by atoms with E-state index in [1.54, 1.807) is 14.2 Å². The van der Waals surface area contributed by atoms with Crippen molar-refractivity contribution in [3.63, 3.8) is 0 Å². The van der Waals surface area contributed by atoms with E-state index in [1.807, 2.05) is 6.08 Å². The van der Waals surface area contributed by atoms with Crippen LogP contribution in [0.3, 0.4) is 0 Å². The Morgan fingerprint density at radius 3 is 2.25 bits per heavy atom. The second-order valence-corrected chi connectivity index (χ2v) is 6.09. The molecule has 3 aromatic rings. The minimum atomic E-state index is -0.807. The molecule has 0 radical (unpaired) electrons. The average Bonchev–Trinajstić information content (AvgIpc) is 2.66. The number of hydrogen-bond acceptors (Lipinski definition) is 2. The van der Waals surface area contributed by atoms with Gasteiger partial charge in [-0.15, -0.1) is 0 Å². The molecule has 0 saturated heterocycles. The first-order valence-electron chi connectivity index (χ1n) is 8.15. The van der Waals surface area contributed by atoms with E-state index in [-0.39, 0.29) is 5.92 Å². The van der Waals surface area contributed by atoms with Gasteiger partial charge in [0.1, 0.15) is 0 Å². The van der Waals surface area contributed by atoms with Gasteiger partial charge in [0.25, 0.3) is 0 Å². The van der Waals surface area contributed by atoms with Gasteiger partial charge in [-0.25, -0.2) is 0 Å². The van der Waals surface area contributed by atoms with Gasteiger partial charge in [0.15, 0.2) is 5.79 Å². The van der Waals surface area contributed by atoms with Gasteiger partial charge in [-0.2, -0.15) is 0 Å². The van der Waals surface area contributed by atoms with E-state index in [1.165, 1.54) is 27.5 Å². The van der Waals surface area contributed by atoms with Gasteiger partial charge in [-0.1, -0.05) is 72.8 Å². The Balaban J connectivity index is 2.03. The molecule has 4 rings (SSSR count). The molecular formula is C22H20O2. The molecule has 0 unspecified atom stereocenters. The standard InChI is InChI=1S/C22H20O2/c1-23-22(24-2)15-14-17-9-4-6-12-19(17)21(22)20-13-7-10-16-8-3-5-11-18(16)20/h3-15,21H,1-2H3/t21-/m0/s1. The van der Waals surface area contributed by atoms with Crippen LogP contribution in [0.4, 0.5) is 0 Å². The maximum absolute atomic E-state index is 5.89. The Hall–Kier alpha value is -2.42. The maximum Gasteiger partial charge on any atom is 0.198 e. The Morgan fingerprint density at radius 1 is 0.750 bits per heavy atom. The van der Waals surface area contributed by atoms with E-state index in [9.17, 15) is 0 Å². The molecule has 0 N–H and O–H groups in total. The van der Waals surface area contributed by atoms with Crippen molar-refractivity contribution >= 4 is 16.8 Å². The zero-order valence-electron chi connectivity index (χ0n) is 13.9. The zero-order chi connectivity index (χ0) is 16.6. The van der Waals surface area contributed by atoms with Gasteiger partial charge >= 0.3 is 0 Å². The third-order valence-electron chi connectivity index (χ3n) is 4.98. The Kier molecular flexibility index (Phi) is 3.72. The van der Waals surface area contributed by atoms with Gasteiger partial charge in [0.2, 0.25) is 0 Å². The van der Waals surface area contributed by atoms with Crippen molar-refractivity contribution in [1.29, 1.82) is 0 Å². The van der Waals surface area contributed by atoms with Crippen LogP contribution in [-0.2, 0) is 9.47 Å². The Bertz CT molecular complexity index is 901. The summed E-state index contributed by atoms with van der Waals surface area (Å²) in [6.07, 6.45) is 4.12.